The Balaban J connectivity index is 3.09. The Morgan fingerprint density at radius 2 is 2.16 bits per heavy atom. The van der Waals surface area contributed by atoms with Crippen LogP contribution in [0, 0.1) is 17.3 Å². The standard InChI is InChI=1S/C12H14F3NO3/c1-7-5-9(19-12(13,14)15)3-4-11(7,10(16)18)8(2)6-17/h3-8H,1-2H3,(H2,16,18). The lowest BCUT2D eigenvalue weighted by Crippen LogP contribution is -2.47. The third-order valence-electron chi connectivity index (χ3n) is 3.31. The second-order valence-corrected chi connectivity index (χ2v) is 4.46. The average molecular weight is 277 g/mol. The van der Waals surface area contributed by atoms with Gasteiger partial charge in [-0.15, -0.1) is 13.2 Å². The molecule has 1 aliphatic carbocycles. The van der Waals surface area contributed by atoms with E-state index >= 15 is 0 Å². The van der Waals surface area contributed by atoms with Gasteiger partial charge in [-0.3, -0.25) is 4.79 Å². The highest BCUT2D eigenvalue weighted by Crippen LogP contribution is 2.42. The minimum absolute atomic E-state index is 0.421. The van der Waals surface area contributed by atoms with E-state index < -0.39 is 35.3 Å². The molecule has 1 aliphatic rings. The molecule has 0 saturated heterocycles. The van der Waals surface area contributed by atoms with E-state index in [1.807, 2.05) is 0 Å². The molecule has 3 unspecified atom stereocenters. The van der Waals surface area contributed by atoms with Gasteiger partial charge in [0.25, 0.3) is 0 Å². The molecule has 7 heteroatoms. The first-order valence-corrected chi connectivity index (χ1v) is 5.55. The van der Waals surface area contributed by atoms with Gasteiger partial charge in [0, 0.05) is 5.92 Å². The summed E-state index contributed by atoms with van der Waals surface area (Å²) in [5.41, 5.74) is 3.97. The molecule has 1 rings (SSSR count). The van der Waals surface area contributed by atoms with Gasteiger partial charge in [-0.1, -0.05) is 19.9 Å². The molecular formula is C12H14F3NO3. The quantitative estimate of drug-likeness (QED) is 0.798. The van der Waals surface area contributed by atoms with Crippen molar-refractivity contribution in [2.75, 3.05) is 0 Å². The molecule has 0 aliphatic heterocycles. The molecule has 106 valence electrons. The van der Waals surface area contributed by atoms with Crippen LogP contribution in [0.1, 0.15) is 13.8 Å². The first-order valence-electron chi connectivity index (χ1n) is 5.55. The fourth-order valence-electron chi connectivity index (χ4n) is 2.22. The predicted molar refractivity (Wildman–Crippen MR) is 60.4 cm³/mol. The zero-order valence-electron chi connectivity index (χ0n) is 10.4. The molecule has 0 heterocycles. The number of carbonyl (C=O) groups is 2. The molecule has 0 saturated carbocycles. The molecule has 4 nitrogen and oxygen atoms in total. The summed E-state index contributed by atoms with van der Waals surface area (Å²) in [7, 11) is 0. The highest BCUT2D eigenvalue weighted by atomic mass is 19.4. The second-order valence-electron chi connectivity index (χ2n) is 4.46. The molecule has 0 spiro atoms. The lowest BCUT2D eigenvalue weighted by molar-refractivity contribution is -0.303. The Bertz CT molecular complexity index is 442. The van der Waals surface area contributed by atoms with Crippen LogP contribution in [0.3, 0.4) is 0 Å². The van der Waals surface area contributed by atoms with Crippen molar-refractivity contribution in [3.63, 3.8) is 0 Å². The van der Waals surface area contributed by atoms with Crippen molar-refractivity contribution in [3.8, 4) is 0 Å². The number of allylic oxidation sites excluding steroid dienone is 2. The summed E-state index contributed by atoms with van der Waals surface area (Å²) < 4.78 is 40.1. The second kappa shape index (κ2) is 5.07. The molecule has 19 heavy (non-hydrogen) atoms. The smallest absolute Gasteiger partial charge is 0.406 e. The third-order valence-corrected chi connectivity index (χ3v) is 3.31. The van der Waals surface area contributed by atoms with E-state index in [9.17, 15) is 22.8 Å². The first-order chi connectivity index (χ1) is 8.63. The number of alkyl halides is 3. The van der Waals surface area contributed by atoms with E-state index in [-0.39, 0.29) is 0 Å². The van der Waals surface area contributed by atoms with Crippen LogP contribution < -0.4 is 5.73 Å². The van der Waals surface area contributed by atoms with Crippen LogP contribution >= 0.6 is 0 Å². The SMILES string of the molecule is CC(C=O)C1(C(N)=O)C=CC(OC(F)(F)F)=CC1C. The van der Waals surface area contributed by atoms with Crippen LogP contribution in [0.15, 0.2) is 24.0 Å². The summed E-state index contributed by atoms with van der Waals surface area (Å²) in [6.07, 6.45) is -0.898. The van der Waals surface area contributed by atoms with Crippen molar-refractivity contribution in [2.45, 2.75) is 20.2 Å². The van der Waals surface area contributed by atoms with Crippen LogP contribution in [0.25, 0.3) is 0 Å². The van der Waals surface area contributed by atoms with Crippen LogP contribution in [-0.4, -0.2) is 18.6 Å². The van der Waals surface area contributed by atoms with Crippen LogP contribution in [0.2, 0.25) is 0 Å². The summed E-state index contributed by atoms with van der Waals surface area (Å²) in [6, 6.07) is 0. The topological polar surface area (TPSA) is 69.4 Å². The Labute approximate surface area is 108 Å². The lowest BCUT2D eigenvalue weighted by atomic mass is 9.65. The highest BCUT2D eigenvalue weighted by Gasteiger charge is 2.46. The Kier molecular flexibility index (Phi) is 4.07. The molecule has 3 atom stereocenters. The van der Waals surface area contributed by atoms with E-state index in [1.54, 1.807) is 0 Å². The fraction of sp³-hybridized carbons (Fsp3) is 0.500. The van der Waals surface area contributed by atoms with E-state index in [0.717, 1.165) is 12.2 Å². The molecular weight excluding hydrogens is 263 g/mol. The maximum Gasteiger partial charge on any atom is 0.573 e. The molecule has 0 radical (unpaired) electrons. The van der Waals surface area contributed by atoms with E-state index in [2.05, 4.69) is 4.74 Å². The van der Waals surface area contributed by atoms with E-state index in [0.29, 0.717) is 6.29 Å². The molecule has 0 aromatic rings. The maximum absolute atomic E-state index is 12.1. The number of hydrogen-bond acceptors (Lipinski definition) is 3. The fourth-order valence-corrected chi connectivity index (χ4v) is 2.22. The Morgan fingerprint density at radius 3 is 2.53 bits per heavy atom. The van der Waals surface area contributed by atoms with Crippen molar-refractivity contribution in [1.82, 2.24) is 0 Å². The molecule has 0 aromatic heterocycles. The summed E-state index contributed by atoms with van der Waals surface area (Å²) in [5, 5.41) is 0. The molecule has 1 amide bonds. The van der Waals surface area contributed by atoms with Crippen LogP contribution in [-0.2, 0) is 14.3 Å². The number of nitrogens with two attached hydrogens (primary N) is 1. The first kappa shape index (κ1) is 15.3. The summed E-state index contributed by atoms with van der Waals surface area (Å²) in [4.78, 5) is 22.5. The average Bonchev–Trinajstić information content (AvgIpc) is 2.26. The van der Waals surface area contributed by atoms with Gasteiger partial charge in [0.2, 0.25) is 5.91 Å². The van der Waals surface area contributed by atoms with Gasteiger partial charge >= 0.3 is 6.36 Å². The van der Waals surface area contributed by atoms with Crippen molar-refractivity contribution < 1.29 is 27.5 Å². The van der Waals surface area contributed by atoms with Gasteiger partial charge in [0.1, 0.15) is 12.0 Å². The number of primary amides is 1. The number of ether oxygens (including phenoxy) is 1. The normalized spacial score (nSPS) is 28.5. The highest BCUT2D eigenvalue weighted by molar-refractivity contribution is 5.87. The van der Waals surface area contributed by atoms with E-state index in [4.69, 9.17) is 5.73 Å². The zero-order valence-corrected chi connectivity index (χ0v) is 10.4. The summed E-state index contributed by atoms with van der Waals surface area (Å²) >= 11 is 0. The van der Waals surface area contributed by atoms with Crippen LogP contribution in [0.5, 0.6) is 0 Å². The lowest BCUT2D eigenvalue weighted by Gasteiger charge is -2.37. The molecule has 0 fully saturated rings. The largest absolute Gasteiger partial charge is 0.573 e. The van der Waals surface area contributed by atoms with Gasteiger partial charge < -0.3 is 15.3 Å². The van der Waals surface area contributed by atoms with Gasteiger partial charge in [-0.05, 0) is 18.1 Å². The number of carbonyl (C=O) groups excluding carboxylic acids is 2. The summed E-state index contributed by atoms with van der Waals surface area (Å²) in [5.74, 6) is -2.62. The van der Waals surface area contributed by atoms with Gasteiger partial charge in [-0.25, -0.2) is 0 Å². The van der Waals surface area contributed by atoms with Crippen molar-refractivity contribution in [2.24, 2.45) is 23.0 Å². The Morgan fingerprint density at radius 1 is 1.58 bits per heavy atom. The van der Waals surface area contributed by atoms with Crippen molar-refractivity contribution in [1.29, 1.82) is 0 Å². The zero-order chi connectivity index (χ0) is 14.8. The van der Waals surface area contributed by atoms with Gasteiger partial charge in [-0.2, -0.15) is 0 Å². The predicted octanol–water partition coefficient (Wildman–Crippen LogP) is 1.92. The van der Waals surface area contributed by atoms with Crippen molar-refractivity contribution in [3.05, 3.63) is 24.0 Å². The summed E-state index contributed by atoms with van der Waals surface area (Å²) in [6.45, 7) is 3.00. The molecule has 2 N–H and O–H groups in total. The number of aldehydes is 1. The monoisotopic (exact) mass is 277 g/mol. The van der Waals surface area contributed by atoms with Crippen LogP contribution in [0.4, 0.5) is 13.2 Å². The number of hydrogen-bond donors (Lipinski definition) is 1. The maximum atomic E-state index is 12.1. The third kappa shape index (κ3) is 2.97. The minimum Gasteiger partial charge on any atom is -0.406 e. The molecule has 0 aromatic carbocycles. The number of halogens is 3. The number of amides is 1. The van der Waals surface area contributed by atoms with E-state index in [1.165, 1.54) is 19.9 Å². The Hall–Kier alpha value is -1.79. The van der Waals surface area contributed by atoms with Gasteiger partial charge in [0.05, 0.1) is 5.41 Å². The van der Waals surface area contributed by atoms with Crippen molar-refractivity contribution >= 4 is 12.2 Å². The molecule has 0 bridgehead atoms. The van der Waals surface area contributed by atoms with Gasteiger partial charge in [0.15, 0.2) is 0 Å². The minimum atomic E-state index is -4.81. The number of rotatable bonds is 4.